The topological polar surface area (TPSA) is 26.0 Å². The van der Waals surface area contributed by atoms with Crippen molar-refractivity contribution in [2.24, 2.45) is 5.73 Å². The molecular weight excluding hydrogens is 170 g/mol. The van der Waals surface area contributed by atoms with E-state index in [0.29, 0.717) is 0 Å². The summed E-state index contributed by atoms with van der Waals surface area (Å²) in [4.78, 5) is 0. The van der Waals surface area contributed by atoms with Gasteiger partial charge in [-0.2, -0.15) is 0 Å². The third kappa shape index (κ3) is 8.06. The maximum Gasteiger partial charge on any atom is -0.00742 e. The van der Waals surface area contributed by atoms with Gasteiger partial charge in [-0.25, -0.2) is 0 Å². The zero-order chi connectivity index (χ0) is 10.6. The van der Waals surface area contributed by atoms with Gasteiger partial charge < -0.3 is 5.73 Å². The quantitative estimate of drug-likeness (QED) is 0.586. The molecule has 0 unspecified atom stereocenters. The zero-order valence-electron chi connectivity index (χ0n) is 9.76. The molecule has 0 aromatic carbocycles. The highest BCUT2D eigenvalue weighted by atomic mass is 14.5. The maximum atomic E-state index is 5.51. The first-order valence-electron chi connectivity index (χ1n) is 5.88. The lowest BCUT2D eigenvalue weighted by Gasteiger charge is -2.04. The number of hydrogen-bond acceptors (Lipinski definition) is 1. The van der Waals surface area contributed by atoms with Crippen molar-refractivity contribution < 1.29 is 0 Å². The highest BCUT2D eigenvalue weighted by molar-refractivity contribution is 5.03. The Kier molecular flexibility index (Phi) is 10.1. The molecule has 0 fully saturated rings. The fourth-order valence-electron chi connectivity index (χ4n) is 1.50. The third-order valence-corrected chi connectivity index (χ3v) is 2.23. The van der Waals surface area contributed by atoms with Crippen molar-refractivity contribution in [1.29, 1.82) is 0 Å². The molecule has 0 bridgehead atoms. The summed E-state index contributed by atoms with van der Waals surface area (Å²) in [7, 11) is 0. The summed E-state index contributed by atoms with van der Waals surface area (Å²) in [5, 5.41) is 0. The highest BCUT2D eigenvalue weighted by Gasteiger charge is 1.94. The van der Waals surface area contributed by atoms with Crippen molar-refractivity contribution in [3.8, 4) is 0 Å². The van der Waals surface area contributed by atoms with Crippen molar-refractivity contribution in [2.45, 2.75) is 52.4 Å². The van der Waals surface area contributed by atoms with Gasteiger partial charge in [0.15, 0.2) is 0 Å². The summed E-state index contributed by atoms with van der Waals surface area (Å²) in [6, 6.07) is 0. The lowest BCUT2D eigenvalue weighted by molar-refractivity contribution is 0.775. The van der Waals surface area contributed by atoms with Crippen molar-refractivity contribution in [1.82, 2.24) is 0 Å². The lowest BCUT2D eigenvalue weighted by Crippen LogP contribution is -1.99. The molecular formula is C13H25N. The first kappa shape index (κ1) is 13.4. The van der Waals surface area contributed by atoms with Gasteiger partial charge in [0, 0.05) is 0 Å². The van der Waals surface area contributed by atoms with Gasteiger partial charge in [0.1, 0.15) is 0 Å². The molecule has 0 radical (unpaired) electrons. The van der Waals surface area contributed by atoms with Gasteiger partial charge in [-0.1, -0.05) is 37.6 Å². The van der Waals surface area contributed by atoms with E-state index in [1.807, 2.05) is 0 Å². The molecule has 1 nitrogen and oxygen atoms in total. The van der Waals surface area contributed by atoms with Gasteiger partial charge in [-0.3, -0.25) is 0 Å². The van der Waals surface area contributed by atoms with Crippen LogP contribution in [0, 0.1) is 0 Å². The molecule has 0 saturated heterocycles. The van der Waals surface area contributed by atoms with Crippen LogP contribution >= 0.6 is 0 Å². The number of nitrogens with two attached hydrogens (primary N) is 1. The first-order chi connectivity index (χ1) is 6.85. The Morgan fingerprint density at radius 2 is 1.86 bits per heavy atom. The van der Waals surface area contributed by atoms with Crippen LogP contribution in [0.3, 0.4) is 0 Å². The van der Waals surface area contributed by atoms with E-state index in [1.165, 1.54) is 19.3 Å². The average Bonchev–Trinajstić information content (AvgIpc) is 2.20. The van der Waals surface area contributed by atoms with Gasteiger partial charge in [-0.15, -0.1) is 0 Å². The largest absolute Gasteiger partial charge is 0.330 e. The smallest absolute Gasteiger partial charge is 0.00742 e. The molecule has 0 aromatic rings. The van der Waals surface area contributed by atoms with E-state index in [-0.39, 0.29) is 0 Å². The molecule has 0 aromatic heterocycles. The fraction of sp³-hybridized carbons (Fsp3) is 0.692. The van der Waals surface area contributed by atoms with Crippen LogP contribution in [-0.2, 0) is 0 Å². The Hall–Kier alpha value is -0.560. The Morgan fingerprint density at radius 1 is 1.07 bits per heavy atom. The standard InChI is InChI=1S/C13H25N/c1-3-5-6-7-10-13(9-4-2)11-8-12-14/h5-6,9H,3-4,7-8,10-12,14H2,1-2H3/b6-5-,13-9+. The molecule has 0 heterocycles. The average molecular weight is 195 g/mol. The molecule has 2 N–H and O–H groups in total. The molecule has 0 saturated carbocycles. The summed E-state index contributed by atoms with van der Waals surface area (Å²) < 4.78 is 0. The van der Waals surface area contributed by atoms with Crippen molar-refractivity contribution >= 4 is 0 Å². The van der Waals surface area contributed by atoms with E-state index in [2.05, 4.69) is 32.1 Å². The minimum absolute atomic E-state index is 0.811. The van der Waals surface area contributed by atoms with E-state index in [0.717, 1.165) is 25.8 Å². The summed E-state index contributed by atoms with van der Waals surface area (Å²) >= 11 is 0. The summed E-state index contributed by atoms with van der Waals surface area (Å²) in [6.07, 6.45) is 13.9. The number of rotatable bonds is 8. The van der Waals surface area contributed by atoms with Gasteiger partial charge in [-0.05, 0) is 45.1 Å². The van der Waals surface area contributed by atoms with E-state index in [1.54, 1.807) is 5.57 Å². The van der Waals surface area contributed by atoms with Crippen molar-refractivity contribution in [3.05, 3.63) is 23.8 Å². The Balaban J connectivity index is 3.73. The molecule has 14 heavy (non-hydrogen) atoms. The van der Waals surface area contributed by atoms with Crippen LogP contribution < -0.4 is 5.73 Å². The van der Waals surface area contributed by atoms with Gasteiger partial charge in [0.2, 0.25) is 0 Å². The van der Waals surface area contributed by atoms with E-state index in [9.17, 15) is 0 Å². The Bertz CT molecular complexity index is 168. The van der Waals surface area contributed by atoms with Gasteiger partial charge in [0.25, 0.3) is 0 Å². The van der Waals surface area contributed by atoms with Gasteiger partial charge >= 0.3 is 0 Å². The second-order valence-corrected chi connectivity index (χ2v) is 3.58. The van der Waals surface area contributed by atoms with Gasteiger partial charge in [0.05, 0.1) is 0 Å². The van der Waals surface area contributed by atoms with E-state index < -0.39 is 0 Å². The predicted molar refractivity (Wildman–Crippen MR) is 65.3 cm³/mol. The molecule has 0 amide bonds. The predicted octanol–water partition coefficient (Wildman–Crippen LogP) is 3.81. The second-order valence-electron chi connectivity index (χ2n) is 3.58. The molecule has 82 valence electrons. The third-order valence-electron chi connectivity index (χ3n) is 2.23. The van der Waals surface area contributed by atoms with Crippen LogP contribution in [0.25, 0.3) is 0 Å². The number of allylic oxidation sites excluding steroid dienone is 4. The zero-order valence-corrected chi connectivity index (χ0v) is 9.76. The molecule has 0 rings (SSSR count). The molecule has 0 aliphatic rings. The van der Waals surface area contributed by atoms with Crippen LogP contribution in [0.2, 0.25) is 0 Å². The summed E-state index contributed by atoms with van der Waals surface area (Å²) in [5.41, 5.74) is 7.09. The molecule has 0 spiro atoms. The van der Waals surface area contributed by atoms with Crippen molar-refractivity contribution in [2.75, 3.05) is 6.54 Å². The minimum atomic E-state index is 0.811. The van der Waals surface area contributed by atoms with Crippen LogP contribution in [0.1, 0.15) is 52.4 Å². The monoisotopic (exact) mass is 195 g/mol. The molecule has 1 heteroatoms. The highest BCUT2D eigenvalue weighted by Crippen LogP contribution is 2.13. The number of hydrogen-bond donors (Lipinski definition) is 1. The Morgan fingerprint density at radius 3 is 2.43 bits per heavy atom. The fourth-order valence-corrected chi connectivity index (χ4v) is 1.50. The maximum absolute atomic E-state index is 5.51. The first-order valence-corrected chi connectivity index (χ1v) is 5.88. The van der Waals surface area contributed by atoms with Crippen molar-refractivity contribution in [3.63, 3.8) is 0 Å². The molecule has 0 aliphatic heterocycles. The minimum Gasteiger partial charge on any atom is -0.330 e. The summed E-state index contributed by atoms with van der Waals surface area (Å²) in [5.74, 6) is 0. The van der Waals surface area contributed by atoms with E-state index in [4.69, 9.17) is 5.73 Å². The van der Waals surface area contributed by atoms with Crippen LogP contribution in [0.5, 0.6) is 0 Å². The Labute approximate surface area is 89.1 Å². The van der Waals surface area contributed by atoms with Crippen LogP contribution in [0.15, 0.2) is 23.8 Å². The van der Waals surface area contributed by atoms with Crippen LogP contribution in [0.4, 0.5) is 0 Å². The summed E-state index contributed by atoms with van der Waals surface area (Å²) in [6.45, 7) is 5.18. The van der Waals surface area contributed by atoms with Crippen LogP contribution in [-0.4, -0.2) is 6.54 Å². The second kappa shape index (κ2) is 10.5. The normalized spacial score (nSPS) is 12.6. The lowest BCUT2D eigenvalue weighted by atomic mass is 10.0. The molecule has 0 aliphatic carbocycles. The van der Waals surface area contributed by atoms with E-state index >= 15 is 0 Å². The molecule has 0 atom stereocenters. The SMILES string of the molecule is CC/C=C\CC/C(=C\CC)CCCN.